The first-order valence-electron chi connectivity index (χ1n) is 5.43. The van der Waals surface area contributed by atoms with Crippen LogP contribution >= 0.6 is 0 Å². The molecule has 0 aromatic heterocycles. The average molecular weight is 262 g/mol. The fourth-order valence-corrected chi connectivity index (χ4v) is 1.55. The average Bonchev–Trinajstić information content (AvgIpc) is 2.27. The number of rotatable bonds is 4. The third kappa shape index (κ3) is 3.65. The zero-order valence-electron chi connectivity index (χ0n) is 10.0. The third-order valence-corrected chi connectivity index (χ3v) is 2.21. The summed E-state index contributed by atoms with van der Waals surface area (Å²) in [6, 6.07) is 3.92. The van der Waals surface area contributed by atoms with Gasteiger partial charge in [-0.05, 0) is 25.5 Å². The summed E-state index contributed by atoms with van der Waals surface area (Å²) < 4.78 is 45.3. The summed E-state index contributed by atoms with van der Waals surface area (Å²) in [5, 5.41) is 0. The first-order valence-corrected chi connectivity index (χ1v) is 5.43. The van der Waals surface area contributed by atoms with Crippen LogP contribution in [0.5, 0.6) is 5.75 Å². The molecule has 0 atom stereocenters. The third-order valence-electron chi connectivity index (χ3n) is 2.21. The molecule has 0 saturated carbocycles. The van der Waals surface area contributed by atoms with Crippen molar-refractivity contribution in [2.45, 2.75) is 26.6 Å². The number of carbonyl (C=O) groups excluding carboxylic acids is 1. The normalized spacial score (nSPS) is 11.2. The predicted octanol–water partition coefficient (Wildman–Crippen LogP) is 3.32. The van der Waals surface area contributed by atoms with Crippen LogP contribution in [-0.4, -0.2) is 18.9 Å². The Morgan fingerprint density at radius 1 is 1.28 bits per heavy atom. The van der Waals surface area contributed by atoms with Gasteiger partial charge >= 0.3 is 12.3 Å². The van der Waals surface area contributed by atoms with Crippen LogP contribution in [0.25, 0.3) is 0 Å². The SMILES string of the molecule is CCOC(=O)c1cccc(OC(F)(F)F)c1CC. The van der Waals surface area contributed by atoms with Crippen LogP contribution in [0.4, 0.5) is 13.2 Å². The number of ether oxygens (including phenoxy) is 2. The van der Waals surface area contributed by atoms with Crippen molar-refractivity contribution in [3.05, 3.63) is 29.3 Å². The number of hydrogen-bond acceptors (Lipinski definition) is 3. The predicted molar refractivity (Wildman–Crippen MR) is 58.5 cm³/mol. The van der Waals surface area contributed by atoms with E-state index in [4.69, 9.17) is 4.74 Å². The van der Waals surface area contributed by atoms with Gasteiger partial charge in [-0.2, -0.15) is 0 Å². The van der Waals surface area contributed by atoms with Crippen LogP contribution in [0.3, 0.4) is 0 Å². The molecular weight excluding hydrogens is 249 g/mol. The summed E-state index contributed by atoms with van der Waals surface area (Å²) in [4.78, 5) is 11.6. The van der Waals surface area contributed by atoms with Gasteiger partial charge in [-0.1, -0.05) is 13.0 Å². The fraction of sp³-hybridized carbons (Fsp3) is 0.417. The second-order valence-corrected chi connectivity index (χ2v) is 3.40. The molecule has 0 bridgehead atoms. The topological polar surface area (TPSA) is 35.5 Å². The van der Waals surface area contributed by atoms with Crippen molar-refractivity contribution in [2.75, 3.05) is 6.61 Å². The molecule has 3 nitrogen and oxygen atoms in total. The Labute approximate surface area is 103 Å². The fourth-order valence-electron chi connectivity index (χ4n) is 1.55. The molecule has 0 aliphatic heterocycles. The maximum Gasteiger partial charge on any atom is 0.573 e. The summed E-state index contributed by atoms with van der Waals surface area (Å²) >= 11 is 0. The highest BCUT2D eigenvalue weighted by Crippen LogP contribution is 2.29. The molecule has 1 rings (SSSR count). The van der Waals surface area contributed by atoms with Gasteiger partial charge in [-0.15, -0.1) is 13.2 Å². The standard InChI is InChI=1S/C12H13F3O3/c1-3-8-9(11(16)17-4-2)6-5-7-10(8)18-12(13,14)15/h5-7H,3-4H2,1-2H3. The van der Waals surface area contributed by atoms with E-state index in [2.05, 4.69) is 4.74 Å². The molecule has 0 unspecified atom stereocenters. The lowest BCUT2D eigenvalue weighted by Crippen LogP contribution is -2.19. The molecule has 6 heteroatoms. The molecule has 18 heavy (non-hydrogen) atoms. The van der Waals surface area contributed by atoms with Crippen LogP contribution < -0.4 is 4.74 Å². The summed E-state index contributed by atoms with van der Waals surface area (Å²) in [5.41, 5.74) is 0.286. The Balaban J connectivity index is 3.14. The Bertz CT molecular complexity index is 427. The molecule has 0 fully saturated rings. The van der Waals surface area contributed by atoms with Crippen molar-refractivity contribution >= 4 is 5.97 Å². The quantitative estimate of drug-likeness (QED) is 0.781. The van der Waals surface area contributed by atoms with Gasteiger partial charge in [0.15, 0.2) is 0 Å². The van der Waals surface area contributed by atoms with Crippen LogP contribution in [0.15, 0.2) is 18.2 Å². The molecule has 0 radical (unpaired) electrons. The van der Waals surface area contributed by atoms with E-state index in [1.807, 2.05) is 0 Å². The van der Waals surface area contributed by atoms with Crippen LogP contribution in [0.2, 0.25) is 0 Å². The lowest BCUT2D eigenvalue weighted by atomic mass is 10.0. The number of alkyl halides is 3. The number of halogens is 3. The van der Waals surface area contributed by atoms with E-state index in [1.165, 1.54) is 18.2 Å². The summed E-state index contributed by atoms with van der Waals surface area (Å²) in [6.45, 7) is 3.42. The number of esters is 1. The summed E-state index contributed by atoms with van der Waals surface area (Å²) in [7, 11) is 0. The van der Waals surface area contributed by atoms with Gasteiger partial charge in [0.25, 0.3) is 0 Å². The van der Waals surface area contributed by atoms with Crippen molar-refractivity contribution < 1.29 is 27.4 Å². The lowest BCUT2D eigenvalue weighted by Gasteiger charge is -2.15. The molecule has 0 N–H and O–H groups in total. The van der Waals surface area contributed by atoms with Crippen molar-refractivity contribution in [1.82, 2.24) is 0 Å². The van der Waals surface area contributed by atoms with E-state index in [9.17, 15) is 18.0 Å². The monoisotopic (exact) mass is 262 g/mol. The van der Waals surface area contributed by atoms with Gasteiger partial charge in [0.2, 0.25) is 0 Å². The van der Waals surface area contributed by atoms with E-state index in [0.29, 0.717) is 0 Å². The molecule has 0 spiro atoms. The van der Waals surface area contributed by atoms with E-state index in [0.717, 1.165) is 0 Å². The Hall–Kier alpha value is -1.72. The first kappa shape index (κ1) is 14.3. The molecule has 0 heterocycles. The highest BCUT2D eigenvalue weighted by atomic mass is 19.4. The maximum absolute atomic E-state index is 12.2. The van der Waals surface area contributed by atoms with Crippen molar-refractivity contribution in [3.8, 4) is 5.75 Å². The minimum absolute atomic E-state index is 0.0982. The minimum Gasteiger partial charge on any atom is -0.462 e. The van der Waals surface area contributed by atoms with Gasteiger partial charge < -0.3 is 9.47 Å². The Morgan fingerprint density at radius 3 is 2.44 bits per heavy atom. The van der Waals surface area contributed by atoms with E-state index >= 15 is 0 Å². The second-order valence-electron chi connectivity index (χ2n) is 3.40. The lowest BCUT2D eigenvalue weighted by molar-refractivity contribution is -0.274. The number of benzene rings is 1. The molecule has 1 aromatic carbocycles. The largest absolute Gasteiger partial charge is 0.573 e. The van der Waals surface area contributed by atoms with Crippen LogP contribution in [0.1, 0.15) is 29.8 Å². The molecule has 0 aliphatic rings. The molecule has 0 saturated heterocycles. The number of carbonyl (C=O) groups is 1. The molecule has 0 amide bonds. The smallest absolute Gasteiger partial charge is 0.462 e. The van der Waals surface area contributed by atoms with E-state index in [-0.39, 0.29) is 29.9 Å². The number of hydrogen-bond donors (Lipinski definition) is 0. The first-order chi connectivity index (χ1) is 8.39. The van der Waals surface area contributed by atoms with E-state index in [1.54, 1.807) is 13.8 Å². The zero-order chi connectivity index (χ0) is 13.8. The van der Waals surface area contributed by atoms with Gasteiger partial charge in [-0.25, -0.2) is 4.79 Å². The summed E-state index contributed by atoms with van der Waals surface area (Å²) in [5.74, 6) is -1.02. The van der Waals surface area contributed by atoms with Crippen LogP contribution in [-0.2, 0) is 11.2 Å². The van der Waals surface area contributed by atoms with Gasteiger partial charge in [0.1, 0.15) is 5.75 Å². The highest BCUT2D eigenvalue weighted by molar-refractivity contribution is 5.91. The van der Waals surface area contributed by atoms with Gasteiger partial charge in [0.05, 0.1) is 12.2 Å². The molecule has 0 aliphatic carbocycles. The second kappa shape index (κ2) is 5.75. The Morgan fingerprint density at radius 2 is 1.94 bits per heavy atom. The van der Waals surface area contributed by atoms with Crippen molar-refractivity contribution in [1.29, 1.82) is 0 Å². The molecule has 1 aromatic rings. The van der Waals surface area contributed by atoms with E-state index < -0.39 is 12.3 Å². The van der Waals surface area contributed by atoms with Crippen molar-refractivity contribution in [3.63, 3.8) is 0 Å². The summed E-state index contributed by atoms with van der Waals surface area (Å²) in [6.07, 6.45) is -4.54. The van der Waals surface area contributed by atoms with Crippen LogP contribution in [0, 0.1) is 0 Å². The zero-order valence-corrected chi connectivity index (χ0v) is 10.0. The van der Waals surface area contributed by atoms with Crippen molar-refractivity contribution in [2.24, 2.45) is 0 Å². The van der Waals surface area contributed by atoms with Gasteiger partial charge in [-0.3, -0.25) is 0 Å². The highest BCUT2D eigenvalue weighted by Gasteiger charge is 2.32. The van der Waals surface area contributed by atoms with Gasteiger partial charge in [0, 0.05) is 5.56 Å². The maximum atomic E-state index is 12.2. The minimum atomic E-state index is -4.78. The molecule has 100 valence electrons. The molecular formula is C12H13F3O3. The Kier molecular flexibility index (Phi) is 4.58.